The third-order valence-corrected chi connectivity index (χ3v) is 2.74. The van der Waals surface area contributed by atoms with Crippen LogP contribution in [0.4, 0.5) is 0 Å². The Morgan fingerprint density at radius 2 is 2.07 bits per heavy atom. The van der Waals surface area contributed by atoms with Crippen molar-refractivity contribution in [3.05, 3.63) is 0 Å². The minimum atomic E-state index is -0.115. The molecule has 0 heterocycles. The lowest BCUT2D eigenvalue weighted by Crippen LogP contribution is -2.32. The second-order valence-electron chi connectivity index (χ2n) is 2.87. The summed E-state index contributed by atoms with van der Waals surface area (Å²) < 4.78 is 4.89. The Balaban J connectivity index is 3.61. The van der Waals surface area contributed by atoms with Crippen molar-refractivity contribution in [1.29, 1.82) is 0 Å². The summed E-state index contributed by atoms with van der Waals surface area (Å²) in [5.41, 5.74) is 0. The molecule has 0 aliphatic rings. The molecular formula is C10H21NO2S. The first kappa shape index (κ1) is 13.8. The highest BCUT2D eigenvalue weighted by Crippen LogP contribution is 2.00. The molecule has 0 aliphatic heterocycles. The molecule has 0 aromatic heterocycles. The molecule has 4 heteroatoms. The smallest absolute Gasteiger partial charge is 0.320 e. The maximum atomic E-state index is 11.2. The zero-order chi connectivity index (χ0) is 10.8. The van der Waals surface area contributed by atoms with Gasteiger partial charge in [0.15, 0.2) is 0 Å². The Hall–Kier alpha value is -0.220. The molecule has 0 bridgehead atoms. The average molecular weight is 219 g/mol. The fourth-order valence-corrected chi connectivity index (χ4v) is 1.75. The third-order valence-electron chi connectivity index (χ3n) is 1.86. The minimum Gasteiger partial charge on any atom is -0.465 e. The molecule has 0 rings (SSSR count). The van der Waals surface area contributed by atoms with Gasteiger partial charge in [0.05, 0.1) is 13.2 Å². The van der Waals surface area contributed by atoms with Gasteiger partial charge in [-0.2, -0.15) is 11.8 Å². The van der Waals surface area contributed by atoms with Gasteiger partial charge in [-0.3, -0.25) is 9.69 Å². The first-order chi connectivity index (χ1) is 6.74. The van der Waals surface area contributed by atoms with Crippen LogP contribution in [0.3, 0.4) is 0 Å². The van der Waals surface area contributed by atoms with Crippen LogP contribution in [0, 0.1) is 0 Å². The van der Waals surface area contributed by atoms with Crippen LogP contribution in [0.5, 0.6) is 0 Å². The van der Waals surface area contributed by atoms with Gasteiger partial charge in [-0.15, -0.1) is 0 Å². The summed E-state index contributed by atoms with van der Waals surface area (Å²) in [6.07, 6.45) is 0. The van der Waals surface area contributed by atoms with Gasteiger partial charge >= 0.3 is 5.97 Å². The molecule has 14 heavy (non-hydrogen) atoms. The third kappa shape index (κ3) is 7.21. The lowest BCUT2D eigenvalue weighted by atomic mass is 10.5. The highest BCUT2D eigenvalue weighted by molar-refractivity contribution is 7.99. The van der Waals surface area contributed by atoms with E-state index in [0.29, 0.717) is 13.2 Å². The van der Waals surface area contributed by atoms with Crippen LogP contribution in [-0.4, -0.2) is 48.6 Å². The van der Waals surface area contributed by atoms with Crippen LogP contribution >= 0.6 is 11.8 Å². The van der Waals surface area contributed by atoms with Crippen molar-refractivity contribution in [2.75, 3.05) is 37.7 Å². The molecule has 84 valence electrons. The van der Waals surface area contributed by atoms with Gasteiger partial charge in [0.2, 0.25) is 0 Å². The zero-order valence-electron chi connectivity index (χ0n) is 9.41. The monoisotopic (exact) mass is 219 g/mol. The predicted octanol–water partition coefficient (Wildman–Crippen LogP) is 1.62. The van der Waals surface area contributed by atoms with E-state index >= 15 is 0 Å². The zero-order valence-corrected chi connectivity index (χ0v) is 10.2. The van der Waals surface area contributed by atoms with Crippen molar-refractivity contribution < 1.29 is 9.53 Å². The maximum Gasteiger partial charge on any atom is 0.320 e. The van der Waals surface area contributed by atoms with E-state index in [4.69, 9.17) is 4.74 Å². The SMILES string of the molecule is CCOC(=O)CN(CC)CCSCC. The number of likely N-dealkylation sites (N-methyl/N-ethyl adjacent to an activating group) is 1. The normalized spacial score (nSPS) is 10.6. The summed E-state index contributed by atoms with van der Waals surface area (Å²) in [6, 6.07) is 0. The second kappa shape index (κ2) is 9.34. The summed E-state index contributed by atoms with van der Waals surface area (Å²) in [5.74, 6) is 2.11. The Bertz CT molecular complexity index is 153. The standard InChI is InChI=1S/C10H21NO2S/c1-4-11(7-8-14-6-3)9-10(12)13-5-2/h4-9H2,1-3H3. The summed E-state index contributed by atoms with van der Waals surface area (Å²) >= 11 is 1.90. The van der Waals surface area contributed by atoms with Gasteiger partial charge in [-0.1, -0.05) is 13.8 Å². The van der Waals surface area contributed by atoms with Crippen molar-refractivity contribution in [1.82, 2.24) is 4.90 Å². The predicted molar refractivity (Wildman–Crippen MR) is 61.7 cm³/mol. The average Bonchev–Trinajstić information content (AvgIpc) is 2.17. The fraction of sp³-hybridized carbons (Fsp3) is 0.900. The molecule has 0 aromatic carbocycles. The topological polar surface area (TPSA) is 29.5 Å². The lowest BCUT2D eigenvalue weighted by Gasteiger charge is -2.18. The van der Waals surface area contributed by atoms with Crippen molar-refractivity contribution in [3.8, 4) is 0 Å². The first-order valence-electron chi connectivity index (χ1n) is 5.20. The van der Waals surface area contributed by atoms with Crippen molar-refractivity contribution >= 4 is 17.7 Å². The van der Waals surface area contributed by atoms with Crippen LogP contribution in [0.1, 0.15) is 20.8 Å². The van der Waals surface area contributed by atoms with Gasteiger partial charge in [-0.25, -0.2) is 0 Å². The number of esters is 1. The van der Waals surface area contributed by atoms with E-state index in [1.165, 1.54) is 0 Å². The van der Waals surface area contributed by atoms with Gasteiger partial charge in [0, 0.05) is 12.3 Å². The quantitative estimate of drug-likeness (QED) is 0.458. The summed E-state index contributed by atoms with van der Waals surface area (Å²) in [6.45, 7) is 8.81. The van der Waals surface area contributed by atoms with E-state index in [9.17, 15) is 4.79 Å². The number of hydrogen-bond donors (Lipinski definition) is 0. The largest absolute Gasteiger partial charge is 0.465 e. The van der Waals surface area contributed by atoms with Gasteiger partial charge in [0.25, 0.3) is 0 Å². The Morgan fingerprint density at radius 1 is 1.36 bits per heavy atom. The van der Waals surface area contributed by atoms with Crippen molar-refractivity contribution in [2.24, 2.45) is 0 Å². The number of carbonyl (C=O) groups is 1. The number of nitrogens with zero attached hydrogens (tertiary/aromatic N) is 1. The van der Waals surface area contributed by atoms with E-state index in [2.05, 4.69) is 18.7 Å². The lowest BCUT2D eigenvalue weighted by molar-refractivity contribution is -0.144. The molecule has 0 saturated heterocycles. The van der Waals surface area contributed by atoms with Crippen LogP contribution in [0.25, 0.3) is 0 Å². The van der Waals surface area contributed by atoms with E-state index in [1.807, 2.05) is 18.7 Å². The van der Waals surface area contributed by atoms with Crippen LogP contribution in [0.2, 0.25) is 0 Å². The van der Waals surface area contributed by atoms with Gasteiger partial charge in [-0.05, 0) is 19.2 Å². The molecule has 0 atom stereocenters. The molecular weight excluding hydrogens is 198 g/mol. The Morgan fingerprint density at radius 3 is 2.57 bits per heavy atom. The molecule has 0 unspecified atom stereocenters. The fourth-order valence-electron chi connectivity index (χ4n) is 1.08. The number of hydrogen-bond acceptors (Lipinski definition) is 4. The molecule has 0 N–H and O–H groups in total. The van der Waals surface area contributed by atoms with E-state index < -0.39 is 0 Å². The minimum absolute atomic E-state index is 0.115. The summed E-state index contributed by atoms with van der Waals surface area (Å²) in [5, 5.41) is 0. The van der Waals surface area contributed by atoms with E-state index in [0.717, 1.165) is 24.6 Å². The van der Waals surface area contributed by atoms with Gasteiger partial charge < -0.3 is 4.74 Å². The van der Waals surface area contributed by atoms with Crippen molar-refractivity contribution in [2.45, 2.75) is 20.8 Å². The summed E-state index contributed by atoms with van der Waals surface area (Å²) in [7, 11) is 0. The van der Waals surface area contributed by atoms with E-state index in [-0.39, 0.29) is 5.97 Å². The highest BCUT2D eigenvalue weighted by Gasteiger charge is 2.08. The maximum absolute atomic E-state index is 11.2. The molecule has 0 aliphatic carbocycles. The summed E-state index contributed by atoms with van der Waals surface area (Å²) in [4.78, 5) is 13.3. The van der Waals surface area contributed by atoms with Crippen LogP contribution in [0.15, 0.2) is 0 Å². The molecule has 0 spiro atoms. The molecule has 0 aromatic rings. The highest BCUT2D eigenvalue weighted by atomic mass is 32.2. The molecule has 3 nitrogen and oxygen atoms in total. The van der Waals surface area contributed by atoms with Crippen molar-refractivity contribution in [3.63, 3.8) is 0 Å². The van der Waals surface area contributed by atoms with Crippen LogP contribution < -0.4 is 0 Å². The Kier molecular flexibility index (Phi) is 9.19. The number of ether oxygens (including phenoxy) is 1. The molecule has 0 saturated carbocycles. The Labute approximate surface area is 91.2 Å². The first-order valence-corrected chi connectivity index (χ1v) is 6.35. The number of rotatable bonds is 8. The van der Waals surface area contributed by atoms with Crippen LogP contribution in [-0.2, 0) is 9.53 Å². The number of thioether (sulfide) groups is 1. The molecule has 0 amide bonds. The second-order valence-corrected chi connectivity index (χ2v) is 4.26. The molecule has 0 radical (unpaired) electrons. The van der Waals surface area contributed by atoms with Gasteiger partial charge in [0.1, 0.15) is 0 Å². The number of carbonyl (C=O) groups excluding carboxylic acids is 1. The molecule has 0 fully saturated rings. The van der Waals surface area contributed by atoms with E-state index in [1.54, 1.807) is 0 Å².